The van der Waals surface area contributed by atoms with Crippen molar-refractivity contribution in [3.05, 3.63) is 84.0 Å². The quantitative estimate of drug-likeness (QED) is 0.767. The summed E-state index contributed by atoms with van der Waals surface area (Å²) in [5.41, 5.74) is 0.663. The van der Waals surface area contributed by atoms with E-state index >= 15 is 0 Å². The summed E-state index contributed by atoms with van der Waals surface area (Å²) in [5, 5.41) is 0. The molecule has 0 atom stereocenters. The van der Waals surface area contributed by atoms with Crippen molar-refractivity contribution in [1.82, 2.24) is 0 Å². The van der Waals surface area contributed by atoms with Gasteiger partial charge in [0.05, 0.1) is 0 Å². The maximum absolute atomic E-state index is 12.5. The van der Waals surface area contributed by atoms with E-state index in [0.717, 1.165) is 0 Å². The first-order valence-corrected chi connectivity index (χ1v) is 7.58. The fourth-order valence-electron chi connectivity index (χ4n) is 2.29. The SMILES string of the molecule is O=C1C=C(COc2ccccc2)C(=O)C(COc2ccccc2)=C1. The maximum atomic E-state index is 12.5. The highest BCUT2D eigenvalue weighted by Gasteiger charge is 2.22. The van der Waals surface area contributed by atoms with E-state index in [4.69, 9.17) is 9.47 Å². The van der Waals surface area contributed by atoms with Crippen LogP contribution in [0.3, 0.4) is 0 Å². The molecule has 0 aromatic heterocycles. The van der Waals surface area contributed by atoms with Gasteiger partial charge in [-0.1, -0.05) is 36.4 Å². The fourth-order valence-corrected chi connectivity index (χ4v) is 2.29. The number of para-hydroxylation sites is 2. The number of Topliss-reactive ketones (excluding diaryl/α,β-unsaturated/α-hetero) is 1. The first-order chi connectivity index (χ1) is 11.7. The number of carbonyl (C=O) groups excluding carboxylic acids is 2. The van der Waals surface area contributed by atoms with Crippen LogP contribution >= 0.6 is 0 Å². The van der Waals surface area contributed by atoms with Crippen LogP contribution in [-0.2, 0) is 9.59 Å². The Kier molecular flexibility index (Phi) is 4.87. The Morgan fingerprint density at radius 1 is 0.625 bits per heavy atom. The molecule has 4 heteroatoms. The second-order valence-corrected chi connectivity index (χ2v) is 5.27. The van der Waals surface area contributed by atoms with Gasteiger partial charge in [0.15, 0.2) is 11.6 Å². The van der Waals surface area contributed by atoms with Gasteiger partial charge in [-0.3, -0.25) is 9.59 Å². The summed E-state index contributed by atoms with van der Waals surface area (Å²) in [6, 6.07) is 18.3. The van der Waals surface area contributed by atoms with E-state index in [0.29, 0.717) is 22.6 Å². The van der Waals surface area contributed by atoms with E-state index in [1.807, 2.05) is 36.4 Å². The van der Waals surface area contributed by atoms with Gasteiger partial charge in [-0.15, -0.1) is 0 Å². The minimum atomic E-state index is -0.229. The number of hydrogen-bond donors (Lipinski definition) is 0. The second kappa shape index (κ2) is 7.42. The Morgan fingerprint density at radius 3 is 1.46 bits per heavy atom. The predicted molar refractivity (Wildman–Crippen MR) is 90.1 cm³/mol. The van der Waals surface area contributed by atoms with Crippen LogP contribution in [0.15, 0.2) is 84.0 Å². The fraction of sp³-hybridized carbons (Fsp3) is 0.100. The summed E-state index contributed by atoms with van der Waals surface area (Å²) < 4.78 is 11.1. The maximum Gasteiger partial charge on any atom is 0.192 e. The lowest BCUT2D eigenvalue weighted by molar-refractivity contribution is -0.115. The number of ketones is 2. The highest BCUT2D eigenvalue weighted by molar-refractivity contribution is 6.20. The molecule has 0 spiro atoms. The smallest absolute Gasteiger partial charge is 0.192 e. The highest BCUT2D eigenvalue weighted by atomic mass is 16.5. The number of carbonyl (C=O) groups is 2. The normalized spacial score (nSPS) is 14.0. The number of rotatable bonds is 6. The summed E-state index contributed by atoms with van der Waals surface area (Å²) in [7, 11) is 0. The molecule has 1 aliphatic rings. The topological polar surface area (TPSA) is 52.6 Å². The Labute approximate surface area is 140 Å². The van der Waals surface area contributed by atoms with Gasteiger partial charge in [0.25, 0.3) is 0 Å². The van der Waals surface area contributed by atoms with E-state index < -0.39 is 0 Å². The van der Waals surface area contributed by atoms with Crippen molar-refractivity contribution < 1.29 is 19.1 Å². The molecule has 0 amide bonds. The molecule has 0 unspecified atom stereocenters. The Balaban J connectivity index is 1.63. The molecule has 0 saturated carbocycles. The molecule has 3 rings (SSSR count). The van der Waals surface area contributed by atoms with E-state index in [9.17, 15) is 9.59 Å². The van der Waals surface area contributed by atoms with Gasteiger partial charge in [0.2, 0.25) is 0 Å². The largest absolute Gasteiger partial charge is 0.489 e. The standard InChI is InChI=1S/C20H16O4/c21-17-11-15(13-23-18-7-3-1-4-8-18)20(22)16(12-17)14-24-19-9-5-2-6-10-19/h1-12H,13-14H2. The van der Waals surface area contributed by atoms with Gasteiger partial charge in [0.1, 0.15) is 24.7 Å². The van der Waals surface area contributed by atoms with Gasteiger partial charge in [0, 0.05) is 11.1 Å². The zero-order valence-electron chi connectivity index (χ0n) is 13.0. The molecule has 2 aromatic rings. The summed E-state index contributed by atoms with van der Waals surface area (Å²) >= 11 is 0. The van der Waals surface area contributed by atoms with Crippen LogP contribution in [0.2, 0.25) is 0 Å². The van der Waals surface area contributed by atoms with Crippen LogP contribution in [0.4, 0.5) is 0 Å². The molecular formula is C20H16O4. The van der Waals surface area contributed by atoms with E-state index in [2.05, 4.69) is 0 Å². The summed E-state index contributed by atoms with van der Waals surface area (Å²) in [6.45, 7) is 0.106. The van der Waals surface area contributed by atoms with Crippen molar-refractivity contribution in [3.63, 3.8) is 0 Å². The van der Waals surface area contributed by atoms with Gasteiger partial charge in [-0.25, -0.2) is 0 Å². The predicted octanol–water partition coefficient (Wildman–Crippen LogP) is 3.15. The molecule has 0 N–H and O–H groups in total. The molecule has 120 valence electrons. The van der Waals surface area contributed by atoms with Crippen LogP contribution < -0.4 is 9.47 Å². The third-order valence-electron chi connectivity index (χ3n) is 3.49. The Morgan fingerprint density at radius 2 is 1.04 bits per heavy atom. The Bertz CT molecular complexity index is 723. The molecule has 0 saturated heterocycles. The number of allylic oxidation sites excluding steroid dienone is 2. The third kappa shape index (κ3) is 3.98. The second-order valence-electron chi connectivity index (χ2n) is 5.27. The molecular weight excluding hydrogens is 304 g/mol. The van der Waals surface area contributed by atoms with Gasteiger partial charge in [-0.05, 0) is 36.4 Å². The lowest BCUT2D eigenvalue weighted by Crippen LogP contribution is -2.22. The van der Waals surface area contributed by atoms with Gasteiger partial charge >= 0.3 is 0 Å². The van der Waals surface area contributed by atoms with Crippen molar-refractivity contribution >= 4 is 11.6 Å². The average molecular weight is 320 g/mol. The minimum Gasteiger partial charge on any atom is -0.489 e. The lowest BCUT2D eigenvalue weighted by atomic mass is 9.97. The molecule has 4 nitrogen and oxygen atoms in total. The van der Waals surface area contributed by atoms with Crippen molar-refractivity contribution in [2.75, 3.05) is 13.2 Å². The van der Waals surface area contributed by atoms with Crippen LogP contribution in [-0.4, -0.2) is 24.8 Å². The molecule has 0 bridgehead atoms. The van der Waals surface area contributed by atoms with E-state index in [-0.39, 0.29) is 24.8 Å². The van der Waals surface area contributed by atoms with Crippen molar-refractivity contribution in [3.8, 4) is 11.5 Å². The average Bonchev–Trinajstić information content (AvgIpc) is 2.62. The minimum absolute atomic E-state index is 0.0528. The van der Waals surface area contributed by atoms with Crippen molar-refractivity contribution in [2.24, 2.45) is 0 Å². The van der Waals surface area contributed by atoms with Gasteiger partial charge < -0.3 is 9.47 Å². The summed E-state index contributed by atoms with van der Waals surface area (Å²) in [4.78, 5) is 24.3. The molecule has 0 radical (unpaired) electrons. The van der Waals surface area contributed by atoms with E-state index in [1.165, 1.54) is 12.2 Å². The molecule has 0 fully saturated rings. The number of hydrogen-bond acceptors (Lipinski definition) is 4. The zero-order chi connectivity index (χ0) is 16.8. The third-order valence-corrected chi connectivity index (χ3v) is 3.49. The first kappa shape index (κ1) is 15.7. The zero-order valence-corrected chi connectivity index (χ0v) is 13.0. The molecule has 24 heavy (non-hydrogen) atoms. The van der Waals surface area contributed by atoms with Crippen LogP contribution in [0.1, 0.15) is 0 Å². The van der Waals surface area contributed by atoms with Crippen LogP contribution in [0.25, 0.3) is 0 Å². The first-order valence-electron chi connectivity index (χ1n) is 7.58. The van der Waals surface area contributed by atoms with Crippen LogP contribution in [0.5, 0.6) is 11.5 Å². The molecule has 1 aliphatic carbocycles. The molecule has 0 aliphatic heterocycles. The summed E-state index contributed by atoms with van der Waals surface area (Å²) in [5.74, 6) is 0.847. The number of benzene rings is 2. The molecule has 2 aromatic carbocycles. The lowest BCUT2D eigenvalue weighted by Gasteiger charge is -2.15. The van der Waals surface area contributed by atoms with E-state index in [1.54, 1.807) is 24.3 Å². The monoisotopic (exact) mass is 320 g/mol. The van der Waals surface area contributed by atoms with Gasteiger partial charge in [-0.2, -0.15) is 0 Å². The molecule has 0 heterocycles. The highest BCUT2D eigenvalue weighted by Crippen LogP contribution is 2.18. The summed E-state index contributed by atoms with van der Waals surface area (Å²) in [6.07, 6.45) is 2.63. The Hall–Kier alpha value is -3.14. The van der Waals surface area contributed by atoms with Crippen LogP contribution in [0, 0.1) is 0 Å². The van der Waals surface area contributed by atoms with Crippen molar-refractivity contribution in [2.45, 2.75) is 0 Å². The number of ether oxygens (including phenoxy) is 2. The van der Waals surface area contributed by atoms with Crippen molar-refractivity contribution in [1.29, 1.82) is 0 Å².